The average Bonchev–Trinajstić information content (AvgIpc) is 2.82. The third-order valence-electron chi connectivity index (χ3n) is 5.72. The standard InChI is InChI=1S/C25H26ClN3O3S/c1-18-5-8-20(26)17-24(18)28-33(31,32)23-13-9-21(10-14-23)27-25(30)19-6-11-22(12-7-19)29-15-3-2-4-16-29/h5-14,17,28H,2-4,15-16H2,1H3,(H,27,30). The van der Waals surface area contributed by atoms with Crippen LogP contribution >= 0.6 is 11.6 Å². The normalized spacial score (nSPS) is 14.1. The van der Waals surface area contributed by atoms with Crippen molar-refractivity contribution in [3.05, 3.63) is 82.9 Å². The zero-order chi connectivity index (χ0) is 23.4. The van der Waals surface area contributed by atoms with Crippen LogP contribution in [0.1, 0.15) is 35.2 Å². The molecule has 1 aliphatic rings. The largest absolute Gasteiger partial charge is 0.372 e. The van der Waals surface area contributed by atoms with E-state index in [1.54, 1.807) is 37.3 Å². The number of halogens is 1. The second-order valence-electron chi connectivity index (χ2n) is 8.14. The first-order valence-corrected chi connectivity index (χ1v) is 12.7. The molecule has 1 fully saturated rings. The number of nitrogens with one attached hydrogen (secondary N) is 2. The van der Waals surface area contributed by atoms with E-state index in [1.807, 2.05) is 24.3 Å². The van der Waals surface area contributed by atoms with Crippen molar-refractivity contribution in [2.45, 2.75) is 31.1 Å². The number of amides is 1. The maximum absolute atomic E-state index is 12.7. The number of piperidine rings is 1. The van der Waals surface area contributed by atoms with E-state index in [4.69, 9.17) is 11.6 Å². The predicted molar refractivity (Wildman–Crippen MR) is 134 cm³/mol. The van der Waals surface area contributed by atoms with Crippen LogP contribution < -0.4 is 14.9 Å². The van der Waals surface area contributed by atoms with Gasteiger partial charge in [-0.1, -0.05) is 17.7 Å². The summed E-state index contributed by atoms with van der Waals surface area (Å²) in [5, 5.41) is 3.26. The van der Waals surface area contributed by atoms with Gasteiger partial charge in [0.2, 0.25) is 0 Å². The Morgan fingerprint density at radius 2 is 1.58 bits per heavy atom. The number of benzene rings is 3. The molecule has 0 radical (unpaired) electrons. The van der Waals surface area contributed by atoms with Gasteiger partial charge in [0, 0.05) is 35.1 Å². The topological polar surface area (TPSA) is 78.5 Å². The molecule has 1 aliphatic heterocycles. The first-order chi connectivity index (χ1) is 15.8. The predicted octanol–water partition coefficient (Wildman–Crippen LogP) is 5.69. The lowest BCUT2D eigenvalue weighted by atomic mass is 10.1. The molecule has 8 heteroatoms. The summed E-state index contributed by atoms with van der Waals surface area (Å²) in [6, 6.07) is 18.6. The van der Waals surface area contributed by atoms with E-state index >= 15 is 0 Å². The van der Waals surface area contributed by atoms with Gasteiger partial charge >= 0.3 is 0 Å². The second-order valence-corrected chi connectivity index (χ2v) is 10.3. The van der Waals surface area contributed by atoms with Gasteiger partial charge in [0.25, 0.3) is 15.9 Å². The third-order valence-corrected chi connectivity index (χ3v) is 7.33. The maximum atomic E-state index is 12.7. The molecule has 0 aliphatic carbocycles. The van der Waals surface area contributed by atoms with Crippen molar-refractivity contribution in [2.24, 2.45) is 0 Å². The molecule has 6 nitrogen and oxygen atoms in total. The van der Waals surface area contributed by atoms with Gasteiger partial charge in [-0.3, -0.25) is 9.52 Å². The lowest BCUT2D eigenvalue weighted by Gasteiger charge is -2.28. The van der Waals surface area contributed by atoms with Crippen LogP contribution in [0.2, 0.25) is 5.02 Å². The van der Waals surface area contributed by atoms with Crippen molar-refractivity contribution in [1.82, 2.24) is 0 Å². The minimum atomic E-state index is -3.79. The van der Waals surface area contributed by atoms with Gasteiger partial charge in [-0.25, -0.2) is 8.42 Å². The minimum absolute atomic E-state index is 0.0887. The van der Waals surface area contributed by atoms with Crippen LogP contribution in [0.4, 0.5) is 17.1 Å². The molecular weight excluding hydrogens is 458 g/mol. The molecule has 2 N–H and O–H groups in total. The third kappa shape index (κ3) is 5.67. The van der Waals surface area contributed by atoms with E-state index in [2.05, 4.69) is 14.9 Å². The molecule has 1 saturated heterocycles. The molecule has 0 unspecified atom stereocenters. The summed E-state index contributed by atoms with van der Waals surface area (Å²) in [4.78, 5) is 15.1. The molecule has 0 spiro atoms. The van der Waals surface area contributed by atoms with E-state index in [1.165, 1.54) is 31.4 Å². The number of aryl methyl sites for hydroxylation is 1. The summed E-state index contributed by atoms with van der Waals surface area (Å²) in [6.07, 6.45) is 3.66. The average molecular weight is 484 g/mol. The molecule has 1 amide bonds. The fraction of sp³-hybridized carbons (Fsp3) is 0.240. The van der Waals surface area contributed by atoms with Crippen molar-refractivity contribution in [1.29, 1.82) is 0 Å². The number of hydrogen-bond donors (Lipinski definition) is 2. The highest BCUT2D eigenvalue weighted by Crippen LogP contribution is 2.25. The SMILES string of the molecule is Cc1ccc(Cl)cc1NS(=O)(=O)c1ccc(NC(=O)c2ccc(N3CCCCC3)cc2)cc1. The van der Waals surface area contributed by atoms with Gasteiger partial charge in [0.1, 0.15) is 0 Å². The zero-order valence-electron chi connectivity index (χ0n) is 18.3. The van der Waals surface area contributed by atoms with Crippen molar-refractivity contribution < 1.29 is 13.2 Å². The Morgan fingerprint density at radius 3 is 2.24 bits per heavy atom. The molecule has 0 bridgehead atoms. The quantitative estimate of drug-likeness (QED) is 0.472. The van der Waals surface area contributed by atoms with Crippen molar-refractivity contribution in [3.8, 4) is 0 Å². The van der Waals surface area contributed by atoms with Crippen molar-refractivity contribution in [2.75, 3.05) is 28.0 Å². The molecule has 3 aromatic rings. The van der Waals surface area contributed by atoms with Gasteiger partial charge in [-0.05, 0) is 92.4 Å². The Hall–Kier alpha value is -3.03. The number of anilines is 3. The lowest BCUT2D eigenvalue weighted by molar-refractivity contribution is 0.102. The van der Waals surface area contributed by atoms with E-state index < -0.39 is 10.0 Å². The summed E-state index contributed by atoms with van der Waals surface area (Å²) in [6.45, 7) is 3.89. The smallest absolute Gasteiger partial charge is 0.261 e. The van der Waals surface area contributed by atoms with Crippen LogP contribution in [-0.2, 0) is 10.0 Å². The van der Waals surface area contributed by atoms with Crippen LogP contribution in [-0.4, -0.2) is 27.4 Å². The van der Waals surface area contributed by atoms with E-state index in [-0.39, 0.29) is 10.8 Å². The molecule has 33 heavy (non-hydrogen) atoms. The number of carbonyl (C=O) groups excluding carboxylic acids is 1. The first-order valence-electron chi connectivity index (χ1n) is 10.9. The van der Waals surface area contributed by atoms with Crippen molar-refractivity contribution in [3.63, 3.8) is 0 Å². The maximum Gasteiger partial charge on any atom is 0.261 e. The fourth-order valence-corrected chi connectivity index (χ4v) is 5.10. The van der Waals surface area contributed by atoms with Crippen LogP contribution in [0.3, 0.4) is 0 Å². The Bertz CT molecular complexity index is 1240. The monoisotopic (exact) mass is 483 g/mol. The zero-order valence-corrected chi connectivity index (χ0v) is 19.9. The molecule has 0 atom stereocenters. The molecule has 1 heterocycles. The van der Waals surface area contributed by atoms with Gasteiger partial charge < -0.3 is 10.2 Å². The minimum Gasteiger partial charge on any atom is -0.372 e. The fourth-order valence-electron chi connectivity index (χ4n) is 3.80. The molecular formula is C25H26ClN3O3S. The van der Waals surface area contributed by atoms with Crippen LogP contribution in [0.25, 0.3) is 0 Å². The number of carbonyl (C=O) groups is 1. The number of nitrogens with zero attached hydrogens (tertiary/aromatic N) is 1. The molecule has 0 aromatic heterocycles. The van der Waals surface area contributed by atoms with Gasteiger partial charge in [0.15, 0.2) is 0 Å². The lowest BCUT2D eigenvalue weighted by Crippen LogP contribution is -2.29. The molecule has 3 aromatic carbocycles. The van der Waals surface area contributed by atoms with Gasteiger partial charge in [-0.15, -0.1) is 0 Å². The molecule has 4 rings (SSSR count). The van der Waals surface area contributed by atoms with Crippen LogP contribution in [0.15, 0.2) is 71.6 Å². The summed E-state index contributed by atoms with van der Waals surface area (Å²) in [7, 11) is -3.79. The van der Waals surface area contributed by atoms with Crippen LogP contribution in [0, 0.1) is 6.92 Å². The van der Waals surface area contributed by atoms with Gasteiger partial charge in [-0.2, -0.15) is 0 Å². The highest BCUT2D eigenvalue weighted by Gasteiger charge is 2.16. The van der Waals surface area contributed by atoms with E-state index in [0.29, 0.717) is 22.0 Å². The van der Waals surface area contributed by atoms with Crippen LogP contribution in [0.5, 0.6) is 0 Å². The summed E-state index contributed by atoms with van der Waals surface area (Å²) in [5.74, 6) is -0.247. The summed E-state index contributed by atoms with van der Waals surface area (Å²) >= 11 is 5.98. The first kappa shape index (κ1) is 23.1. The highest BCUT2D eigenvalue weighted by molar-refractivity contribution is 7.92. The molecule has 172 valence electrons. The number of rotatable bonds is 6. The second kappa shape index (κ2) is 9.85. The Balaban J connectivity index is 1.41. The summed E-state index contributed by atoms with van der Waals surface area (Å²) < 4.78 is 28.0. The van der Waals surface area contributed by atoms with Crippen molar-refractivity contribution >= 4 is 44.6 Å². The Kier molecular flexibility index (Phi) is 6.91. The highest BCUT2D eigenvalue weighted by atomic mass is 35.5. The van der Waals surface area contributed by atoms with E-state index in [0.717, 1.165) is 24.3 Å². The summed E-state index contributed by atoms with van der Waals surface area (Å²) in [5.41, 5.74) is 3.37. The Morgan fingerprint density at radius 1 is 0.909 bits per heavy atom. The number of hydrogen-bond acceptors (Lipinski definition) is 4. The Labute approximate surface area is 199 Å². The molecule has 0 saturated carbocycles. The van der Waals surface area contributed by atoms with E-state index in [9.17, 15) is 13.2 Å². The van der Waals surface area contributed by atoms with Gasteiger partial charge in [0.05, 0.1) is 10.6 Å². The number of sulfonamides is 1.